The molecule has 4 heteroatoms. The van der Waals surface area contributed by atoms with Crippen molar-refractivity contribution >= 4 is 5.91 Å². The first-order valence-electron chi connectivity index (χ1n) is 8.66. The van der Waals surface area contributed by atoms with E-state index in [0.29, 0.717) is 5.91 Å². The van der Waals surface area contributed by atoms with Crippen LogP contribution in [0.25, 0.3) is 0 Å². The minimum Gasteiger partial charge on any atom is -0.340 e. The summed E-state index contributed by atoms with van der Waals surface area (Å²) >= 11 is 0. The number of nitrogens with zero attached hydrogens (tertiary/aromatic N) is 3. The molecule has 1 atom stereocenters. The Morgan fingerprint density at radius 3 is 2.43 bits per heavy atom. The molecule has 1 saturated heterocycles. The van der Waals surface area contributed by atoms with Gasteiger partial charge in [-0.25, -0.2) is 0 Å². The van der Waals surface area contributed by atoms with E-state index >= 15 is 0 Å². The molecule has 0 spiro atoms. The zero-order chi connectivity index (χ0) is 15.1. The highest BCUT2D eigenvalue weighted by atomic mass is 16.2. The normalized spacial score (nSPS) is 22.8. The first-order valence-corrected chi connectivity index (χ1v) is 8.66. The molecule has 2 rings (SSSR count). The third-order valence-corrected chi connectivity index (χ3v) is 5.13. The lowest BCUT2D eigenvalue weighted by molar-refractivity contribution is -0.133. The van der Waals surface area contributed by atoms with Crippen molar-refractivity contribution in [3.05, 3.63) is 0 Å². The second-order valence-electron chi connectivity index (χ2n) is 6.51. The Kier molecular flexibility index (Phi) is 6.50. The van der Waals surface area contributed by atoms with Crippen LogP contribution in [0.5, 0.6) is 0 Å². The van der Waals surface area contributed by atoms with Crippen LogP contribution in [0.1, 0.15) is 58.3 Å². The van der Waals surface area contributed by atoms with Crippen molar-refractivity contribution in [3.8, 4) is 6.07 Å². The molecule has 0 aromatic rings. The molecule has 2 aliphatic rings. The van der Waals surface area contributed by atoms with Crippen LogP contribution in [0.2, 0.25) is 0 Å². The van der Waals surface area contributed by atoms with Gasteiger partial charge in [0.2, 0.25) is 5.91 Å². The minimum atomic E-state index is 0.0180. The van der Waals surface area contributed by atoms with E-state index in [2.05, 4.69) is 17.9 Å². The Morgan fingerprint density at radius 2 is 1.86 bits per heavy atom. The Labute approximate surface area is 129 Å². The molecule has 1 aliphatic heterocycles. The summed E-state index contributed by atoms with van der Waals surface area (Å²) in [5.41, 5.74) is 0. The van der Waals surface area contributed by atoms with Gasteiger partial charge in [-0.05, 0) is 18.8 Å². The zero-order valence-electron chi connectivity index (χ0n) is 13.4. The van der Waals surface area contributed by atoms with Gasteiger partial charge in [0.25, 0.3) is 0 Å². The predicted octanol–water partition coefficient (Wildman–Crippen LogP) is 2.79. The van der Waals surface area contributed by atoms with Crippen LogP contribution in [0.15, 0.2) is 0 Å². The van der Waals surface area contributed by atoms with Gasteiger partial charge in [0, 0.05) is 32.6 Å². The van der Waals surface area contributed by atoms with Gasteiger partial charge in [-0.2, -0.15) is 5.26 Å². The van der Waals surface area contributed by atoms with Gasteiger partial charge in [0.15, 0.2) is 0 Å². The van der Waals surface area contributed by atoms with Crippen LogP contribution in [0.3, 0.4) is 0 Å². The number of carbonyl (C=O) groups is 1. The van der Waals surface area contributed by atoms with Gasteiger partial charge >= 0.3 is 0 Å². The molecule has 1 saturated carbocycles. The van der Waals surface area contributed by atoms with Crippen LogP contribution >= 0.6 is 0 Å². The third-order valence-electron chi connectivity index (χ3n) is 5.13. The van der Waals surface area contributed by atoms with Gasteiger partial charge in [-0.1, -0.05) is 39.0 Å². The maximum absolute atomic E-state index is 12.3. The third kappa shape index (κ3) is 4.71. The Balaban J connectivity index is 1.69. The SMILES string of the molecule is CCC(C#N)N1CCN(C(=O)CCC2CCCCC2)CC1. The summed E-state index contributed by atoms with van der Waals surface area (Å²) in [6, 6.07) is 2.37. The molecule has 0 aromatic heterocycles. The molecule has 1 aliphatic carbocycles. The second kappa shape index (κ2) is 8.38. The van der Waals surface area contributed by atoms with Crippen LogP contribution in [0, 0.1) is 17.2 Å². The second-order valence-corrected chi connectivity index (χ2v) is 6.51. The molecular formula is C17H29N3O. The lowest BCUT2D eigenvalue weighted by Crippen LogP contribution is -2.51. The van der Waals surface area contributed by atoms with Crippen molar-refractivity contribution in [2.75, 3.05) is 26.2 Å². The van der Waals surface area contributed by atoms with Crippen molar-refractivity contribution in [1.29, 1.82) is 5.26 Å². The molecule has 0 aromatic carbocycles. The fourth-order valence-corrected chi connectivity index (χ4v) is 3.68. The van der Waals surface area contributed by atoms with E-state index in [-0.39, 0.29) is 6.04 Å². The monoisotopic (exact) mass is 291 g/mol. The van der Waals surface area contributed by atoms with E-state index in [4.69, 9.17) is 5.26 Å². The van der Waals surface area contributed by atoms with Gasteiger partial charge in [-0.3, -0.25) is 9.69 Å². The standard InChI is InChI=1S/C17H29N3O/c1-2-16(14-18)19-10-12-20(13-11-19)17(21)9-8-15-6-4-3-5-7-15/h15-16H,2-13H2,1H3. The maximum Gasteiger partial charge on any atom is 0.222 e. The van der Waals surface area contributed by atoms with Crippen molar-refractivity contribution in [2.24, 2.45) is 5.92 Å². The molecular weight excluding hydrogens is 262 g/mol. The summed E-state index contributed by atoms with van der Waals surface area (Å²) < 4.78 is 0. The van der Waals surface area contributed by atoms with E-state index in [1.54, 1.807) is 0 Å². The van der Waals surface area contributed by atoms with E-state index in [9.17, 15) is 4.79 Å². The quantitative estimate of drug-likeness (QED) is 0.782. The smallest absolute Gasteiger partial charge is 0.222 e. The van der Waals surface area contributed by atoms with E-state index in [1.807, 2.05) is 4.90 Å². The molecule has 1 amide bonds. The number of rotatable bonds is 5. The molecule has 21 heavy (non-hydrogen) atoms. The number of carbonyl (C=O) groups excluding carboxylic acids is 1. The average Bonchev–Trinajstić information content (AvgIpc) is 2.55. The number of piperazine rings is 1. The number of nitriles is 1. The highest BCUT2D eigenvalue weighted by Gasteiger charge is 2.25. The van der Waals surface area contributed by atoms with Crippen LogP contribution < -0.4 is 0 Å². The van der Waals surface area contributed by atoms with Crippen LogP contribution in [-0.2, 0) is 4.79 Å². The maximum atomic E-state index is 12.3. The van der Waals surface area contributed by atoms with Crippen molar-refractivity contribution in [1.82, 2.24) is 9.80 Å². The van der Waals surface area contributed by atoms with Crippen LogP contribution in [-0.4, -0.2) is 47.9 Å². The number of hydrogen-bond acceptors (Lipinski definition) is 3. The first-order chi connectivity index (χ1) is 10.2. The number of amides is 1. The zero-order valence-corrected chi connectivity index (χ0v) is 13.4. The molecule has 0 N–H and O–H groups in total. The summed E-state index contributed by atoms with van der Waals surface area (Å²) in [6.07, 6.45) is 9.39. The highest BCUT2D eigenvalue weighted by molar-refractivity contribution is 5.76. The van der Waals surface area contributed by atoms with Gasteiger partial charge < -0.3 is 4.90 Å². The number of hydrogen-bond donors (Lipinski definition) is 0. The van der Waals surface area contributed by atoms with Crippen molar-refractivity contribution in [2.45, 2.75) is 64.3 Å². The topological polar surface area (TPSA) is 47.3 Å². The Morgan fingerprint density at radius 1 is 1.19 bits per heavy atom. The molecule has 0 bridgehead atoms. The van der Waals surface area contributed by atoms with E-state index in [0.717, 1.165) is 51.4 Å². The summed E-state index contributed by atoms with van der Waals surface area (Å²) in [7, 11) is 0. The fourth-order valence-electron chi connectivity index (χ4n) is 3.68. The van der Waals surface area contributed by atoms with Crippen LogP contribution in [0.4, 0.5) is 0 Å². The molecule has 4 nitrogen and oxygen atoms in total. The first kappa shape index (κ1) is 16.3. The lowest BCUT2D eigenvalue weighted by Gasteiger charge is -2.37. The molecule has 2 fully saturated rings. The summed E-state index contributed by atoms with van der Waals surface area (Å²) in [5, 5.41) is 9.11. The van der Waals surface area contributed by atoms with Gasteiger partial charge in [0.05, 0.1) is 12.1 Å². The minimum absolute atomic E-state index is 0.0180. The van der Waals surface area contributed by atoms with Gasteiger partial charge in [-0.15, -0.1) is 0 Å². The Hall–Kier alpha value is -1.08. The molecule has 1 unspecified atom stereocenters. The molecule has 1 heterocycles. The summed E-state index contributed by atoms with van der Waals surface area (Å²) in [4.78, 5) is 16.5. The van der Waals surface area contributed by atoms with Gasteiger partial charge in [0.1, 0.15) is 0 Å². The van der Waals surface area contributed by atoms with E-state index < -0.39 is 0 Å². The van der Waals surface area contributed by atoms with E-state index in [1.165, 1.54) is 32.1 Å². The van der Waals surface area contributed by atoms with Crippen molar-refractivity contribution < 1.29 is 4.79 Å². The fraction of sp³-hybridized carbons (Fsp3) is 0.882. The predicted molar refractivity (Wildman–Crippen MR) is 83.7 cm³/mol. The highest BCUT2D eigenvalue weighted by Crippen LogP contribution is 2.27. The Bertz CT molecular complexity index is 363. The largest absolute Gasteiger partial charge is 0.340 e. The van der Waals surface area contributed by atoms with Crippen molar-refractivity contribution in [3.63, 3.8) is 0 Å². The lowest BCUT2D eigenvalue weighted by atomic mass is 9.86. The summed E-state index contributed by atoms with van der Waals surface area (Å²) in [6.45, 7) is 5.33. The summed E-state index contributed by atoms with van der Waals surface area (Å²) in [5.74, 6) is 1.11. The molecule has 0 radical (unpaired) electrons. The average molecular weight is 291 g/mol. The molecule has 118 valence electrons.